The molecule has 0 spiro atoms. The first-order valence-electron chi connectivity index (χ1n) is 6.77. The summed E-state index contributed by atoms with van der Waals surface area (Å²) >= 11 is 0. The van der Waals surface area contributed by atoms with Crippen molar-refractivity contribution in [3.05, 3.63) is 5.82 Å². The number of aromatic nitrogens is 3. The van der Waals surface area contributed by atoms with Crippen LogP contribution in [0, 0.1) is 11.8 Å². The van der Waals surface area contributed by atoms with E-state index in [0.717, 1.165) is 18.2 Å². The molecule has 0 radical (unpaired) electrons. The lowest BCUT2D eigenvalue weighted by Gasteiger charge is -2.23. The molecule has 1 aromatic heterocycles. The fraction of sp³-hybridized carbons (Fsp3) is 0.833. The number of nitrogens with zero attached hydrogens (tertiary/aromatic N) is 3. The summed E-state index contributed by atoms with van der Waals surface area (Å²) in [5.74, 6) is 2.57. The maximum absolute atomic E-state index is 11.6. The van der Waals surface area contributed by atoms with Gasteiger partial charge in [-0.2, -0.15) is 0 Å². The van der Waals surface area contributed by atoms with Gasteiger partial charge in [0.1, 0.15) is 5.82 Å². The van der Waals surface area contributed by atoms with Crippen molar-refractivity contribution in [2.75, 3.05) is 0 Å². The first-order valence-corrected chi connectivity index (χ1v) is 9.08. The van der Waals surface area contributed by atoms with Crippen LogP contribution >= 0.6 is 10.7 Å². The van der Waals surface area contributed by atoms with Crippen LogP contribution in [0.3, 0.4) is 0 Å². The summed E-state index contributed by atoms with van der Waals surface area (Å²) in [4.78, 5) is 0. The third-order valence-electron chi connectivity index (χ3n) is 4.50. The van der Waals surface area contributed by atoms with Gasteiger partial charge in [-0.1, -0.05) is 6.42 Å². The third kappa shape index (κ3) is 2.18. The van der Waals surface area contributed by atoms with E-state index in [4.69, 9.17) is 10.7 Å². The Morgan fingerprint density at radius 2 is 2.00 bits per heavy atom. The molecule has 3 unspecified atom stereocenters. The van der Waals surface area contributed by atoms with Crippen LogP contribution in [0.25, 0.3) is 0 Å². The average Bonchev–Trinajstić information content (AvgIpc) is 3.01. The Hall–Kier alpha value is -0.620. The summed E-state index contributed by atoms with van der Waals surface area (Å²) < 4.78 is 24.9. The Labute approximate surface area is 117 Å². The van der Waals surface area contributed by atoms with E-state index in [0.29, 0.717) is 11.8 Å². The van der Waals surface area contributed by atoms with Crippen LogP contribution in [0.5, 0.6) is 0 Å². The van der Waals surface area contributed by atoms with Gasteiger partial charge >= 0.3 is 0 Å². The third-order valence-corrected chi connectivity index (χ3v) is 5.62. The van der Waals surface area contributed by atoms with E-state index in [9.17, 15) is 8.42 Å². The van der Waals surface area contributed by atoms with Crippen LogP contribution in [-0.2, 0) is 9.05 Å². The van der Waals surface area contributed by atoms with Crippen molar-refractivity contribution in [2.24, 2.45) is 11.8 Å². The second-order valence-electron chi connectivity index (χ2n) is 6.02. The standard InChI is InChI=1S/C12H18ClN3O2S/c1-7(2)16-11(14-15-12(16)19(13,17)18)10-6-8-3-4-9(10)5-8/h7-10H,3-6H2,1-2H3. The van der Waals surface area contributed by atoms with Crippen molar-refractivity contribution < 1.29 is 8.42 Å². The predicted octanol–water partition coefficient (Wildman–Crippen LogP) is 2.69. The Morgan fingerprint density at radius 1 is 1.26 bits per heavy atom. The smallest absolute Gasteiger partial charge is 0.296 e. The van der Waals surface area contributed by atoms with Crippen LogP contribution in [0.4, 0.5) is 0 Å². The highest BCUT2D eigenvalue weighted by atomic mass is 35.7. The van der Waals surface area contributed by atoms with Gasteiger partial charge in [-0.05, 0) is 44.9 Å². The Balaban J connectivity index is 2.05. The molecule has 1 heterocycles. The van der Waals surface area contributed by atoms with Crippen LogP contribution < -0.4 is 0 Å². The summed E-state index contributed by atoms with van der Waals surface area (Å²) in [5, 5.41) is 7.87. The lowest BCUT2D eigenvalue weighted by Crippen LogP contribution is -2.18. The highest BCUT2D eigenvalue weighted by Gasteiger charge is 2.43. The first-order chi connectivity index (χ1) is 8.88. The van der Waals surface area contributed by atoms with Crippen molar-refractivity contribution in [2.45, 2.75) is 56.6 Å². The molecular weight excluding hydrogens is 286 g/mol. The van der Waals surface area contributed by atoms with E-state index in [1.807, 2.05) is 13.8 Å². The molecule has 0 aliphatic heterocycles. The molecule has 1 aromatic rings. The Kier molecular flexibility index (Phi) is 3.13. The first kappa shape index (κ1) is 13.4. The number of halogens is 1. The molecule has 3 atom stereocenters. The maximum atomic E-state index is 11.6. The van der Waals surface area contributed by atoms with Crippen LogP contribution in [0.15, 0.2) is 5.16 Å². The second kappa shape index (κ2) is 4.45. The quantitative estimate of drug-likeness (QED) is 0.805. The van der Waals surface area contributed by atoms with Crippen molar-refractivity contribution in [1.82, 2.24) is 14.8 Å². The number of fused-ring (bicyclic) bond motifs is 2. The minimum Gasteiger partial charge on any atom is -0.298 e. The topological polar surface area (TPSA) is 64.8 Å². The molecule has 5 nitrogen and oxygen atoms in total. The minimum atomic E-state index is -3.84. The number of rotatable bonds is 3. The van der Waals surface area contributed by atoms with Gasteiger partial charge in [-0.25, -0.2) is 8.42 Å². The molecule has 0 aromatic carbocycles. The molecule has 2 saturated carbocycles. The van der Waals surface area contributed by atoms with E-state index in [2.05, 4.69) is 10.2 Å². The van der Waals surface area contributed by atoms with Crippen LogP contribution in [0.1, 0.15) is 57.3 Å². The number of hydrogen-bond donors (Lipinski definition) is 0. The van der Waals surface area contributed by atoms with Crippen molar-refractivity contribution >= 4 is 19.7 Å². The molecule has 7 heteroatoms. The summed E-state index contributed by atoms with van der Waals surface area (Å²) in [6.07, 6.45) is 4.89. The van der Waals surface area contributed by atoms with E-state index < -0.39 is 9.05 Å². The van der Waals surface area contributed by atoms with Gasteiger partial charge in [-0.15, -0.1) is 10.2 Å². The lowest BCUT2D eigenvalue weighted by molar-refractivity contribution is 0.379. The van der Waals surface area contributed by atoms with E-state index >= 15 is 0 Å². The van der Waals surface area contributed by atoms with Crippen LogP contribution in [-0.4, -0.2) is 23.2 Å². The Bertz CT molecular complexity index is 596. The zero-order chi connectivity index (χ0) is 13.8. The van der Waals surface area contributed by atoms with E-state index in [1.54, 1.807) is 4.57 Å². The second-order valence-corrected chi connectivity index (χ2v) is 8.48. The molecule has 2 bridgehead atoms. The van der Waals surface area contributed by atoms with E-state index in [1.165, 1.54) is 19.3 Å². The zero-order valence-corrected chi connectivity index (χ0v) is 12.7. The summed E-state index contributed by atoms with van der Waals surface area (Å²) in [5.41, 5.74) is 0. The highest BCUT2D eigenvalue weighted by Crippen LogP contribution is 2.52. The molecule has 106 valence electrons. The number of hydrogen-bond acceptors (Lipinski definition) is 4. The molecular formula is C12H18ClN3O2S. The van der Waals surface area contributed by atoms with E-state index in [-0.39, 0.29) is 11.2 Å². The van der Waals surface area contributed by atoms with Crippen molar-refractivity contribution in [1.29, 1.82) is 0 Å². The SMILES string of the molecule is CC(C)n1c(C2CC3CCC2C3)nnc1S(=O)(=O)Cl. The molecule has 0 saturated heterocycles. The van der Waals surface area contributed by atoms with Crippen LogP contribution in [0.2, 0.25) is 0 Å². The van der Waals surface area contributed by atoms with Gasteiger partial charge in [0.15, 0.2) is 0 Å². The zero-order valence-electron chi connectivity index (χ0n) is 11.1. The molecule has 19 heavy (non-hydrogen) atoms. The summed E-state index contributed by atoms with van der Waals surface area (Å²) in [6, 6.07) is -0.00680. The highest BCUT2D eigenvalue weighted by molar-refractivity contribution is 8.13. The fourth-order valence-electron chi connectivity index (χ4n) is 3.75. The average molecular weight is 304 g/mol. The van der Waals surface area contributed by atoms with Crippen molar-refractivity contribution in [3.8, 4) is 0 Å². The van der Waals surface area contributed by atoms with Gasteiger partial charge in [-0.3, -0.25) is 4.57 Å². The Morgan fingerprint density at radius 3 is 2.47 bits per heavy atom. The molecule has 2 fully saturated rings. The molecule has 0 amide bonds. The molecule has 2 aliphatic carbocycles. The summed E-state index contributed by atoms with van der Waals surface area (Å²) in [7, 11) is 1.62. The normalized spacial score (nSPS) is 30.4. The largest absolute Gasteiger partial charge is 0.298 e. The molecule has 0 N–H and O–H groups in total. The van der Waals surface area contributed by atoms with Gasteiger partial charge in [0.25, 0.3) is 14.2 Å². The maximum Gasteiger partial charge on any atom is 0.296 e. The van der Waals surface area contributed by atoms with Gasteiger partial charge in [0.05, 0.1) is 0 Å². The van der Waals surface area contributed by atoms with Gasteiger partial charge in [0.2, 0.25) is 0 Å². The van der Waals surface area contributed by atoms with Gasteiger partial charge < -0.3 is 0 Å². The molecule has 3 rings (SSSR count). The molecule has 2 aliphatic rings. The fourth-order valence-corrected chi connectivity index (χ4v) is 4.75. The van der Waals surface area contributed by atoms with Gasteiger partial charge in [0, 0.05) is 22.6 Å². The predicted molar refractivity (Wildman–Crippen MR) is 71.6 cm³/mol. The van der Waals surface area contributed by atoms with Crippen molar-refractivity contribution in [3.63, 3.8) is 0 Å². The minimum absolute atomic E-state index is 0.00680. The summed E-state index contributed by atoms with van der Waals surface area (Å²) in [6.45, 7) is 3.87. The monoisotopic (exact) mass is 303 g/mol. The lowest BCUT2D eigenvalue weighted by atomic mass is 9.88.